The SMILES string of the molecule is CCCCC(CS)CNC(N)=O. The highest BCUT2D eigenvalue weighted by molar-refractivity contribution is 7.80. The quantitative estimate of drug-likeness (QED) is 0.545. The molecule has 0 aliphatic rings. The van der Waals surface area contributed by atoms with Gasteiger partial charge < -0.3 is 11.1 Å². The van der Waals surface area contributed by atoms with E-state index < -0.39 is 6.03 Å². The van der Waals surface area contributed by atoms with Gasteiger partial charge in [-0.05, 0) is 18.1 Å². The van der Waals surface area contributed by atoms with Crippen molar-refractivity contribution in [2.75, 3.05) is 12.3 Å². The number of hydrogen-bond acceptors (Lipinski definition) is 2. The molecule has 72 valence electrons. The Morgan fingerprint density at radius 1 is 1.67 bits per heavy atom. The summed E-state index contributed by atoms with van der Waals surface area (Å²) in [6.45, 7) is 2.80. The maximum atomic E-state index is 10.4. The molecule has 12 heavy (non-hydrogen) atoms. The maximum Gasteiger partial charge on any atom is 0.312 e. The molecule has 0 spiro atoms. The van der Waals surface area contributed by atoms with Crippen molar-refractivity contribution in [2.45, 2.75) is 26.2 Å². The third kappa shape index (κ3) is 6.34. The second kappa shape index (κ2) is 7.28. The highest BCUT2D eigenvalue weighted by Gasteiger charge is 2.06. The number of nitrogens with two attached hydrogens (primary N) is 1. The minimum Gasteiger partial charge on any atom is -0.352 e. The molecular weight excluding hydrogens is 172 g/mol. The lowest BCUT2D eigenvalue weighted by molar-refractivity contribution is 0.247. The molecule has 1 unspecified atom stereocenters. The summed E-state index contributed by atoms with van der Waals surface area (Å²) < 4.78 is 0. The average Bonchev–Trinajstić information content (AvgIpc) is 2.05. The third-order valence-electron chi connectivity index (χ3n) is 1.79. The van der Waals surface area contributed by atoms with E-state index in [1.165, 1.54) is 12.8 Å². The Kier molecular flexibility index (Phi) is 7.05. The van der Waals surface area contributed by atoms with Crippen LogP contribution in [0.4, 0.5) is 4.79 Å². The van der Waals surface area contributed by atoms with Gasteiger partial charge in [0.2, 0.25) is 0 Å². The Hall–Kier alpha value is -0.380. The number of hydrogen-bond donors (Lipinski definition) is 3. The maximum absolute atomic E-state index is 10.4. The normalized spacial score (nSPS) is 12.5. The van der Waals surface area contributed by atoms with Crippen molar-refractivity contribution < 1.29 is 4.79 Å². The van der Waals surface area contributed by atoms with Crippen molar-refractivity contribution in [3.63, 3.8) is 0 Å². The first-order valence-corrected chi connectivity index (χ1v) is 4.98. The molecule has 0 saturated carbocycles. The first-order chi connectivity index (χ1) is 5.70. The summed E-state index contributed by atoms with van der Waals surface area (Å²) in [7, 11) is 0. The number of thiol groups is 1. The lowest BCUT2D eigenvalue weighted by Crippen LogP contribution is -2.34. The molecule has 3 N–H and O–H groups in total. The fraction of sp³-hybridized carbons (Fsp3) is 0.875. The lowest BCUT2D eigenvalue weighted by atomic mass is 10.0. The topological polar surface area (TPSA) is 55.1 Å². The summed E-state index contributed by atoms with van der Waals surface area (Å²) >= 11 is 4.20. The van der Waals surface area contributed by atoms with Crippen LogP contribution < -0.4 is 11.1 Å². The summed E-state index contributed by atoms with van der Waals surface area (Å²) in [6, 6.07) is -0.446. The van der Waals surface area contributed by atoms with Crippen LogP contribution in [0, 0.1) is 5.92 Å². The Balaban J connectivity index is 3.45. The number of unbranched alkanes of at least 4 members (excludes halogenated alkanes) is 1. The zero-order chi connectivity index (χ0) is 9.40. The molecule has 0 aliphatic heterocycles. The first kappa shape index (κ1) is 11.6. The van der Waals surface area contributed by atoms with Crippen LogP contribution in [0.3, 0.4) is 0 Å². The molecule has 0 aromatic rings. The smallest absolute Gasteiger partial charge is 0.312 e. The molecule has 0 heterocycles. The van der Waals surface area contributed by atoms with Gasteiger partial charge in [-0.3, -0.25) is 0 Å². The summed E-state index contributed by atoms with van der Waals surface area (Å²) in [4.78, 5) is 10.4. The molecule has 0 rings (SSSR count). The number of carbonyl (C=O) groups excluding carboxylic acids is 1. The molecule has 0 aromatic heterocycles. The molecule has 0 bridgehead atoms. The van der Waals surface area contributed by atoms with E-state index in [9.17, 15) is 4.79 Å². The van der Waals surface area contributed by atoms with E-state index in [0.29, 0.717) is 12.5 Å². The number of nitrogens with one attached hydrogen (secondary N) is 1. The van der Waals surface area contributed by atoms with Gasteiger partial charge in [-0.2, -0.15) is 12.6 Å². The van der Waals surface area contributed by atoms with Crippen molar-refractivity contribution >= 4 is 18.7 Å². The Morgan fingerprint density at radius 3 is 2.75 bits per heavy atom. The summed E-state index contributed by atoms with van der Waals surface area (Å²) in [5, 5.41) is 2.60. The Morgan fingerprint density at radius 2 is 2.33 bits per heavy atom. The van der Waals surface area contributed by atoms with Gasteiger partial charge in [0, 0.05) is 6.54 Å². The van der Waals surface area contributed by atoms with Crippen LogP contribution in [0.1, 0.15) is 26.2 Å². The van der Waals surface area contributed by atoms with Crippen molar-refractivity contribution in [2.24, 2.45) is 11.7 Å². The second-order valence-electron chi connectivity index (χ2n) is 2.94. The van der Waals surface area contributed by atoms with Gasteiger partial charge in [0.1, 0.15) is 0 Å². The van der Waals surface area contributed by atoms with Crippen LogP contribution in [-0.2, 0) is 0 Å². The van der Waals surface area contributed by atoms with Crippen LogP contribution in [-0.4, -0.2) is 18.3 Å². The van der Waals surface area contributed by atoms with Gasteiger partial charge in [0.25, 0.3) is 0 Å². The predicted octanol–water partition coefficient (Wildman–Crippen LogP) is 1.39. The van der Waals surface area contributed by atoms with Crippen molar-refractivity contribution in [1.29, 1.82) is 0 Å². The van der Waals surface area contributed by atoms with Gasteiger partial charge >= 0.3 is 6.03 Å². The Bertz CT molecular complexity index is 130. The molecule has 0 aromatic carbocycles. The molecule has 3 nitrogen and oxygen atoms in total. The number of rotatable bonds is 6. The largest absolute Gasteiger partial charge is 0.352 e. The van der Waals surface area contributed by atoms with Crippen LogP contribution in [0.15, 0.2) is 0 Å². The molecule has 4 heteroatoms. The average molecular weight is 190 g/mol. The number of urea groups is 1. The molecule has 0 saturated heterocycles. The molecule has 0 aliphatic carbocycles. The van der Waals surface area contributed by atoms with E-state index in [-0.39, 0.29) is 0 Å². The minimum atomic E-state index is -0.446. The molecule has 2 amide bonds. The van der Waals surface area contributed by atoms with E-state index in [0.717, 1.165) is 12.2 Å². The van der Waals surface area contributed by atoms with E-state index in [2.05, 4.69) is 24.9 Å². The van der Waals surface area contributed by atoms with E-state index >= 15 is 0 Å². The van der Waals surface area contributed by atoms with E-state index in [1.54, 1.807) is 0 Å². The highest BCUT2D eigenvalue weighted by Crippen LogP contribution is 2.08. The van der Waals surface area contributed by atoms with Crippen molar-refractivity contribution in [3.8, 4) is 0 Å². The van der Waals surface area contributed by atoms with Gasteiger partial charge in [0.15, 0.2) is 0 Å². The van der Waals surface area contributed by atoms with Crippen LogP contribution in [0.2, 0.25) is 0 Å². The van der Waals surface area contributed by atoms with Crippen LogP contribution in [0.25, 0.3) is 0 Å². The molecular formula is C8H18N2OS. The minimum absolute atomic E-state index is 0.446. The number of primary amides is 1. The molecule has 1 atom stereocenters. The molecule has 0 radical (unpaired) electrons. The van der Waals surface area contributed by atoms with Crippen molar-refractivity contribution in [3.05, 3.63) is 0 Å². The highest BCUT2D eigenvalue weighted by atomic mass is 32.1. The zero-order valence-corrected chi connectivity index (χ0v) is 8.44. The van der Waals surface area contributed by atoms with Gasteiger partial charge in [0.05, 0.1) is 0 Å². The van der Waals surface area contributed by atoms with Gasteiger partial charge in [-0.15, -0.1) is 0 Å². The van der Waals surface area contributed by atoms with E-state index in [1.807, 2.05) is 0 Å². The third-order valence-corrected chi connectivity index (χ3v) is 2.31. The Labute approximate surface area is 79.5 Å². The van der Waals surface area contributed by atoms with Crippen molar-refractivity contribution in [1.82, 2.24) is 5.32 Å². The van der Waals surface area contributed by atoms with E-state index in [4.69, 9.17) is 5.73 Å². The monoisotopic (exact) mass is 190 g/mol. The number of carbonyl (C=O) groups is 1. The van der Waals surface area contributed by atoms with Crippen LogP contribution >= 0.6 is 12.6 Å². The summed E-state index contributed by atoms with van der Waals surface area (Å²) in [5.74, 6) is 1.26. The van der Waals surface area contributed by atoms with Gasteiger partial charge in [-0.25, -0.2) is 4.79 Å². The summed E-state index contributed by atoms with van der Waals surface area (Å²) in [6.07, 6.45) is 3.48. The lowest BCUT2D eigenvalue weighted by Gasteiger charge is -2.13. The fourth-order valence-corrected chi connectivity index (χ4v) is 1.31. The predicted molar refractivity (Wildman–Crippen MR) is 54.5 cm³/mol. The second-order valence-corrected chi connectivity index (χ2v) is 3.30. The summed E-state index contributed by atoms with van der Waals surface area (Å²) in [5.41, 5.74) is 4.95. The van der Waals surface area contributed by atoms with Gasteiger partial charge in [-0.1, -0.05) is 19.8 Å². The standard InChI is InChI=1S/C8H18N2OS/c1-2-3-4-7(6-12)5-10-8(9)11/h7,12H,2-6H2,1H3,(H3,9,10,11). The fourth-order valence-electron chi connectivity index (χ4n) is 0.996. The molecule has 0 fully saturated rings. The first-order valence-electron chi connectivity index (χ1n) is 4.34. The number of amides is 2. The zero-order valence-electron chi connectivity index (χ0n) is 7.55. The van der Waals surface area contributed by atoms with Crippen LogP contribution in [0.5, 0.6) is 0 Å².